The smallest absolute Gasteiger partial charge is 0.258 e. The van der Waals surface area contributed by atoms with Gasteiger partial charge in [-0.2, -0.15) is 5.10 Å². The number of aryl methyl sites for hydroxylation is 1. The van der Waals surface area contributed by atoms with Gasteiger partial charge in [-0.25, -0.2) is 9.67 Å². The molecule has 0 radical (unpaired) electrons. The first-order valence-electron chi connectivity index (χ1n) is 9.49. The minimum Gasteiger partial charge on any atom is -0.309 e. The van der Waals surface area contributed by atoms with Crippen molar-refractivity contribution in [1.82, 2.24) is 29.2 Å². The van der Waals surface area contributed by atoms with E-state index in [1.807, 2.05) is 60.0 Å². The second-order valence-electron chi connectivity index (χ2n) is 6.82. The number of hydrogen-bond acceptors (Lipinski definition) is 5. The van der Waals surface area contributed by atoms with Crippen LogP contribution >= 0.6 is 12.2 Å². The number of nitrogens with zero attached hydrogens (tertiary/aromatic N) is 5. The van der Waals surface area contributed by atoms with Crippen LogP contribution in [0.2, 0.25) is 0 Å². The van der Waals surface area contributed by atoms with Gasteiger partial charge in [0.15, 0.2) is 0 Å². The molecule has 0 bridgehead atoms. The maximum Gasteiger partial charge on any atom is 0.258 e. The van der Waals surface area contributed by atoms with E-state index in [1.165, 1.54) is 0 Å². The van der Waals surface area contributed by atoms with Crippen LogP contribution in [-0.4, -0.2) is 35.8 Å². The van der Waals surface area contributed by atoms with Crippen molar-refractivity contribution in [3.05, 3.63) is 81.4 Å². The minimum atomic E-state index is -0.123. The Morgan fingerprint density at radius 2 is 1.83 bits per heavy atom. The molecule has 2 heterocycles. The van der Waals surface area contributed by atoms with E-state index in [0.717, 1.165) is 18.1 Å². The number of nitrogens with one attached hydrogen (secondary N) is 1. The minimum absolute atomic E-state index is 0.123. The fraction of sp³-hybridized carbons (Fsp3) is 0.238. The number of aromatic amines is 1. The van der Waals surface area contributed by atoms with E-state index >= 15 is 0 Å². The average Bonchev–Trinajstić information content (AvgIpc) is 3.01. The lowest BCUT2D eigenvalue weighted by atomic mass is 10.2. The van der Waals surface area contributed by atoms with Crippen LogP contribution in [0.3, 0.4) is 0 Å². The Morgan fingerprint density at radius 3 is 2.59 bits per heavy atom. The molecule has 4 rings (SSSR count). The molecule has 2 aromatic heterocycles. The first-order chi connectivity index (χ1) is 14.1. The SMILES string of the molecule is CCN(Cc1nc2ccccc2c(=O)[nH]1)Cn1nc(C)n(-c2ccccc2)c1=S. The van der Waals surface area contributed by atoms with Crippen LogP contribution in [0.15, 0.2) is 59.4 Å². The molecule has 0 aliphatic carbocycles. The van der Waals surface area contributed by atoms with Crippen LogP contribution < -0.4 is 5.56 Å². The van der Waals surface area contributed by atoms with Gasteiger partial charge in [0.1, 0.15) is 11.6 Å². The molecule has 2 aromatic carbocycles. The maximum absolute atomic E-state index is 12.3. The zero-order chi connectivity index (χ0) is 20.4. The monoisotopic (exact) mass is 406 g/mol. The lowest BCUT2D eigenvalue weighted by Gasteiger charge is -2.19. The number of H-pyrrole nitrogens is 1. The van der Waals surface area contributed by atoms with E-state index in [-0.39, 0.29) is 5.56 Å². The highest BCUT2D eigenvalue weighted by atomic mass is 32.1. The van der Waals surface area contributed by atoms with E-state index in [9.17, 15) is 4.79 Å². The first-order valence-corrected chi connectivity index (χ1v) is 9.90. The summed E-state index contributed by atoms with van der Waals surface area (Å²) < 4.78 is 4.40. The summed E-state index contributed by atoms with van der Waals surface area (Å²) in [6.45, 7) is 5.76. The van der Waals surface area contributed by atoms with E-state index in [2.05, 4.69) is 26.9 Å². The molecule has 148 valence electrons. The molecular formula is C21H22N6OS. The maximum atomic E-state index is 12.3. The first kappa shape index (κ1) is 19.2. The van der Waals surface area contributed by atoms with Crippen LogP contribution in [0.1, 0.15) is 18.6 Å². The number of benzene rings is 2. The van der Waals surface area contributed by atoms with E-state index < -0.39 is 0 Å². The molecule has 0 aliphatic heterocycles. The Balaban J connectivity index is 1.61. The van der Waals surface area contributed by atoms with Crippen LogP contribution in [0, 0.1) is 11.7 Å². The molecule has 0 fully saturated rings. The third-order valence-electron chi connectivity index (χ3n) is 4.83. The van der Waals surface area contributed by atoms with Gasteiger partial charge >= 0.3 is 0 Å². The van der Waals surface area contributed by atoms with Gasteiger partial charge in [-0.1, -0.05) is 37.3 Å². The van der Waals surface area contributed by atoms with Crippen molar-refractivity contribution in [3.63, 3.8) is 0 Å². The summed E-state index contributed by atoms with van der Waals surface area (Å²) in [6.07, 6.45) is 0. The van der Waals surface area contributed by atoms with Gasteiger partial charge < -0.3 is 4.98 Å². The summed E-state index contributed by atoms with van der Waals surface area (Å²) in [4.78, 5) is 22.0. The summed E-state index contributed by atoms with van der Waals surface area (Å²) >= 11 is 5.67. The van der Waals surface area contributed by atoms with Crippen LogP contribution in [-0.2, 0) is 13.2 Å². The number of aromatic nitrogens is 5. The highest BCUT2D eigenvalue weighted by molar-refractivity contribution is 7.71. The summed E-state index contributed by atoms with van der Waals surface area (Å²) in [5.41, 5.74) is 1.57. The lowest BCUT2D eigenvalue weighted by molar-refractivity contribution is 0.202. The molecule has 8 heteroatoms. The zero-order valence-electron chi connectivity index (χ0n) is 16.4. The fourth-order valence-corrected chi connectivity index (χ4v) is 3.69. The number of hydrogen-bond donors (Lipinski definition) is 1. The normalized spacial score (nSPS) is 11.4. The third-order valence-corrected chi connectivity index (χ3v) is 5.23. The molecule has 0 saturated heterocycles. The standard InChI is InChI=1S/C21H22N6OS/c1-3-25(13-19-22-18-12-8-7-11-17(18)20(28)23-19)14-26-21(29)27(15(2)24-26)16-9-5-4-6-10-16/h4-12H,3,13-14H2,1-2H3,(H,22,23,28). The highest BCUT2D eigenvalue weighted by Gasteiger charge is 2.13. The molecule has 1 N–H and O–H groups in total. The van der Waals surface area contributed by atoms with Crippen LogP contribution in [0.25, 0.3) is 16.6 Å². The molecule has 4 aromatic rings. The molecule has 0 spiro atoms. The number of fused-ring (bicyclic) bond motifs is 1. The van der Waals surface area contributed by atoms with Crippen molar-refractivity contribution in [2.24, 2.45) is 0 Å². The fourth-order valence-electron chi connectivity index (χ4n) is 3.36. The van der Waals surface area contributed by atoms with E-state index in [0.29, 0.717) is 34.7 Å². The average molecular weight is 407 g/mol. The van der Waals surface area contributed by atoms with Gasteiger partial charge in [0.25, 0.3) is 5.56 Å². The predicted molar refractivity (Wildman–Crippen MR) is 116 cm³/mol. The molecule has 7 nitrogen and oxygen atoms in total. The predicted octanol–water partition coefficient (Wildman–Crippen LogP) is 3.43. The largest absolute Gasteiger partial charge is 0.309 e. The summed E-state index contributed by atoms with van der Waals surface area (Å²) in [7, 11) is 0. The van der Waals surface area contributed by atoms with Gasteiger partial charge in [0, 0.05) is 5.69 Å². The zero-order valence-corrected chi connectivity index (χ0v) is 17.2. The van der Waals surface area contributed by atoms with Crippen molar-refractivity contribution in [2.45, 2.75) is 27.1 Å². The van der Waals surface area contributed by atoms with Gasteiger partial charge in [-0.05, 0) is 50.0 Å². The van der Waals surface area contributed by atoms with E-state index in [4.69, 9.17) is 12.2 Å². The molecule has 0 aliphatic rings. The summed E-state index contributed by atoms with van der Waals surface area (Å²) in [5, 5.41) is 5.22. The second kappa shape index (κ2) is 8.10. The van der Waals surface area contributed by atoms with Gasteiger partial charge in [0.05, 0.1) is 24.1 Å². The van der Waals surface area contributed by atoms with E-state index in [1.54, 1.807) is 10.7 Å². The number of para-hydroxylation sites is 2. The van der Waals surface area contributed by atoms with Crippen LogP contribution in [0.5, 0.6) is 0 Å². The Bertz CT molecular complexity index is 1260. The van der Waals surface area contributed by atoms with Crippen molar-refractivity contribution >= 4 is 23.1 Å². The Hall–Kier alpha value is -3.10. The molecule has 0 amide bonds. The van der Waals surface area contributed by atoms with Crippen molar-refractivity contribution < 1.29 is 0 Å². The summed E-state index contributed by atoms with van der Waals surface area (Å²) in [6, 6.07) is 17.3. The van der Waals surface area contributed by atoms with Gasteiger partial charge in [-0.15, -0.1) is 0 Å². The molecule has 29 heavy (non-hydrogen) atoms. The summed E-state index contributed by atoms with van der Waals surface area (Å²) in [5.74, 6) is 1.45. The van der Waals surface area contributed by atoms with Crippen molar-refractivity contribution in [2.75, 3.05) is 6.54 Å². The Labute approximate surface area is 173 Å². The number of rotatable bonds is 6. The van der Waals surface area contributed by atoms with Crippen LogP contribution in [0.4, 0.5) is 0 Å². The van der Waals surface area contributed by atoms with Crippen molar-refractivity contribution in [1.29, 1.82) is 0 Å². The molecule has 0 saturated carbocycles. The third kappa shape index (κ3) is 3.90. The van der Waals surface area contributed by atoms with Gasteiger partial charge in [0.2, 0.25) is 4.77 Å². The Morgan fingerprint density at radius 1 is 1.10 bits per heavy atom. The highest BCUT2D eigenvalue weighted by Crippen LogP contribution is 2.13. The topological polar surface area (TPSA) is 71.7 Å². The Kier molecular flexibility index (Phi) is 5.37. The van der Waals surface area contributed by atoms with Crippen molar-refractivity contribution in [3.8, 4) is 5.69 Å². The molecular weight excluding hydrogens is 384 g/mol. The molecule has 0 unspecified atom stereocenters. The lowest BCUT2D eigenvalue weighted by Crippen LogP contribution is -2.28. The molecule has 0 atom stereocenters. The quantitative estimate of drug-likeness (QED) is 0.497. The second-order valence-corrected chi connectivity index (χ2v) is 7.18. The van der Waals surface area contributed by atoms with Gasteiger partial charge in [-0.3, -0.25) is 14.3 Å².